The third kappa shape index (κ3) is 9.59. The molecule has 3 aromatic carbocycles. The largest absolute Gasteiger partial charge is 0.493 e. The van der Waals surface area contributed by atoms with E-state index in [4.69, 9.17) is 18.9 Å². The van der Waals surface area contributed by atoms with Crippen LogP contribution in [0.4, 0.5) is 10.7 Å². The summed E-state index contributed by atoms with van der Waals surface area (Å²) in [4.78, 5) is 55.5. The molecule has 0 aliphatic heterocycles. The fraction of sp³-hybridized carbons (Fsp3) is 0.300. The first-order chi connectivity index (χ1) is 25.7. The molecular weight excluding hydrogens is 715 g/mol. The number of carbonyl (C=O) groups is 4. The molecule has 3 N–H and O–H groups in total. The zero-order chi connectivity index (χ0) is 37.9. The van der Waals surface area contributed by atoms with Gasteiger partial charge in [-0.3, -0.25) is 14.4 Å². The second-order valence-corrected chi connectivity index (χ2v) is 14.3. The lowest BCUT2D eigenvalue weighted by Crippen LogP contribution is -2.30. The van der Waals surface area contributed by atoms with Crippen molar-refractivity contribution >= 4 is 63.6 Å². The lowest BCUT2D eigenvalue weighted by molar-refractivity contribution is -0.116. The number of esters is 1. The first-order valence-electron chi connectivity index (χ1n) is 17.3. The zero-order valence-corrected chi connectivity index (χ0v) is 32.0. The maximum Gasteiger partial charge on any atom is 0.341 e. The monoisotopic (exact) mass is 757 g/mol. The normalized spacial score (nSPS) is 12.9. The number of ether oxygens (including phenoxy) is 4. The Labute approximate surface area is 317 Å². The molecule has 0 saturated carbocycles. The summed E-state index contributed by atoms with van der Waals surface area (Å²) >= 11 is 2.80. The van der Waals surface area contributed by atoms with Gasteiger partial charge in [0.05, 0.1) is 38.7 Å². The van der Waals surface area contributed by atoms with E-state index in [9.17, 15) is 19.2 Å². The number of amides is 3. The Hall–Kier alpha value is -5.27. The molecular formula is C40H43N3O8S2. The Bertz CT molecular complexity index is 1970. The summed E-state index contributed by atoms with van der Waals surface area (Å²) in [6.07, 6.45) is 5.73. The first-order valence-corrected chi connectivity index (χ1v) is 19.0. The van der Waals surface area contributed by atoms with Crippen LogP contribution in [-0.4, -0.2) is 56.9 Å². The Morgan fingerprint density at radius 2 is 1.58 bits per heavy atom. The lowest BCUT2D eigenvalue weighted by atomic mass is 9.95. The van der Waals surface area contributed by atoms with E-state index in [1.54, 1.807) is 67.6 Å². The number of hydrogen-bond acceptors (Lipinski definition) is 10. The summed E-state index contributed by atoms with van der Waals surface area (Å²) in [5, 5.41) is 8.71. The average molecular weight is 758 g/mol. The Kier molecular flexibility index (Phi) is 13.6. The topological polar surface area (TPSA) is 141 Å². The van der Waals surface area contributed by atoms with E-state index in [1.807, 2.05) is 13.0 Å². The molecule has 1 aromatic heterocycles. The van der Waals surface area contributed by atoms with E-state index >= 15 is 0 Å². The molecule has 1 aliphatic rings. The predicted molar refractivity (Wildman–Crippen MR) is 209 cm³/mol. The molecule has 11 nitrogen and oxygen atoms in total. The van der Waals surface area contributed by atoms with Crippen LogP contribution in [0.15, 0.2) is 77.3 Å². The SMILES string of the molecule is CCOC(=O)c1c(NC(=O)C(CC)Sc2cccc(NC(=O)/C(=C\c3cc(OC)c(OC)c(OC)c3)NC(=O)c3ccccc3)c2)sc2c1CCCC2. The van der Waals surface area contributed by atoms with Crippen LogP contribution in [0, 0.1) is 0 Å². The van der Waals surface area contributed by atoms with E-state index in [0.717, 1.165) is 41.0 Å². The van der Waals surface area contributed by atoms with Gasteiger partial charge in [0.15, 0.2) is 11.5 Å². The fourth-order valence-electron chi connectivity index (χ4n) is 5.89. The number of hydrogen-bond donors (Lipinski definition) is 3. The quantitative estimate of drug-likeness (QED) is 0.0631. The molecule has 13 heteroatoms. The standard InChI is InChI=1S/C40H43N3O8S2/c1-6-32(38(46)43-39-34(40(47)51-7-2)28-18-11-12-19-33(28)53-39)52-27-17-13-16-26(23-27)41-37(45)29(42-36(44)25-14-9-8-10-15-25)20-24-21-30(48-3)35(50-5)31(22-24)49-4/h8-10,13-17,20-23,32H,6-7,11-12,18-19H2,1-5H3,(H,41,45)(H,42,44)(H,43,46)/b29-20+. The van der Waals surface area contributed by atoms with Gasteiger partial charge >= 0.3 is 5.97 Å². The van der Waals surface area contributed by atoms with Crippen LogP contribution in [0.2, 0.25) is 0 Å². The van der Waals surface area contributed by atoms with Gasteiger partial charge in [-0.15, -0.1) is 23.1 Å². The minimum atomic E-state index is -0.580. The van der Waals surface area contributed by atoms with Crippen molar-refractivity contribution in [3.05, 3.63) is 99.6 Å². The molecule has 0 spiro atoms. The van der Waals surface area contributed by atoms with E-state index < -0.39 is 23.0 Å². The van der Waals surface area contributed by atoms with Crippen LogP contribution in [0.5, 0.6) is 17.2 Å². The van der Waals surface area contributed by atoms with E-state index in [-0.39, 0.29) is 18.2 Å². The van der Waals surface area contributed by atoms with Gasteiger partial charge in [-0.25, -0.2) is 4.79 Å². The molecule has 1 unspecified atom stereocenters. The summed E-state index contributed by atoms with van der Waals surface area (Å²) < 4.78 is 21.8. The molecule has 0 fully saturated rings. The minimum absolute atomic E-state index is 0.0342. The van der Waals surface area contributed by atoms with Crippen molar-refractivity contribution in [2.75, 3.05) is 38.6 Å². The lowest BCUT2D eigenvalue weighted by Gasteiger charge is -2.16. The van der Waals surface area contributed by atoms with Crippen LogP contribution < -0.4 is 30.2 Å². The molecule has 278 valence electrons. The molecule has 53 heavy (non-hydrogen) atoms. The molecule has 4 aromatic rings. The highest BCUT2D eigenvalue weighted by atomic mass is 32.2. The van der Waals surface area contributed by atoms with Gasteiger partial charge in [0, 0.05) is 21.0 Å². The average Bonchev–Trinajstić information content (AvgIpc) is 3.54. The van der Waals surface area contributed by atoms with Crippen molar-refractivity contribution < 1.29 is 38.1 Å². The van der Waals surface area contributed by atoms with Crippen LogP contribution in [0.25, 0.3) is 6.08 Å². The number of aryl methyl sites for hydroxylation is 1. The van der Waals surface area contributed by atoms with Crippen LogP contribution >= 0.6 is 23.1 Å². The van der Waals surface area contributed by atoms with E-state index in [1.165, 1.54) is 50.5 Å². The van der Waals surface area contributed by atoms with Gasteiger partial charge in [-0.05, 0) is 98.7 Å². The number of rotatable bonds is 15. The van der Waals surface area contributed by atoms with Gasteiger partial charge < -0.3 is 34.9 Å². The van der Waals surface area contributed by atoms with Crippen molar-refractivity contribution in [1.82, 2.24) is 5.32 Å². The third-order valence-corrected chi connectivity index (χ3v) is 11.0. The molecule has 3 amide bonds. The van der Waals surface area contributed by atoms with Crippen LogP contribution in [-0.2, 0) is 27.2 Å². The number of nitrogens with one attached hydrogen (secondary N) is 3. The molecule has 1 atom stereocenters. The van der Waals surface area contributed by atoms with Crippen LogP contribution in [0.3, 0.4) is 0 Å². The summed E-state index contributed by atoms with van der Waals surface area (Å²) in [6.45, 7) is 3.94. The minimum Gasteiger partial charge on any atom is -0.493 e. The van der Waals surface area contributed by atoms with Gasteiger partial charge in [0.25, 0.3) is 11.8 Å². The summed E-state index contributed by atoms with van der Waals surface area (Å²) in [6, 6.07) is 19.0. The van der Waals surface area contributed by atoms with Crippen molar-refractivity contribution in [3.63, 3.8) is 0 Å². The fourth-order valence-corrected chi connectivity index (χ4v) is 8.19. The molecule has 0 saturated heterocycles. The first kappa shape index (κ1) is 38.9. The predicted octanol–water partition coefficient (Wildman–Crippen LogP) is 7.75. The Balaban J connectivity index is 1.37. The van der Waals surface area contributed by atoms with Gasteiger partial charge in [-0.2, -0.15) is 0 Å². The number of benzene rings is 3. The Morgan fingerprint density at radius 3 is 2.25 bits per heavy atom. The molecule has 0 radical (unpaired) electrons. The van der Waals surface area contributed by atoms with Crippen molar-refractivity contribution in [3.8, 4) is 17.2 Å². The highest BCUT2D eigenvalue weighted by molar-refractivity contribution is 8.00. The number of thioether (sulfide) groups is 1. The van der Waals surface area contributed by atoms with Crippen molar-refractivity contribution in [1.29, 1.82) is 0 Å². The van der Waals surface area contributed by atoms with Crippen molar-refractivity contribution in [2.24, 2.45) is 0 Å². The highest BCUT2D eigenvalue weighted by Gasteiger charge is 2.29. The molecule has 1 heterocycles. The zero-order valence-electron chi connectivity index (χ0n) is 30.3. The van der Waals surface area contributed by atoms with E-state index in [2.05, 4.69) is 16.0 Å². The highest BCUT2D eigenvalue weighted by Crippen LogP contribution is 2.40. The van der Waals surface area contributed by atoms with Crippen molar-refractivity contribution in [2.45, 2.75) is 56.1 Å². The van der Waals surface area contributed by atoms with Gasteiger partial charge in [0.2, 0.25) is 11.7 Å². The number of fused-ring (bicyclic) bond motifs is 1. The number of anilines is 2. The summed E-state index contributed by atoms with van der Waals surface area (Å²) in [7, 11) is 4.47. The molecule has 0 bridgehead atoms. The summed E-state index contributed by atoms with van der Waals surface area (Å²) in [5.41, 5.74) is 2.76. The number of carbonyl (C=O) groups excluding carboxylic acids is 4. The molecule has 1 aliphatic carbocycles. The van der Waals surface area contributed by atoms with Crippen LogP contribution in [0.1, 0.15) is 69.8 Å². The Morgan fingerprint density at radius 1 is 0.868 bits per heavy atom. The third-order valence-electron chi connectivity index (χ3n) is 8.45. The van der Waals surface area contributed by atoms with Gasteiger partial charge in [-0.1, -0.05) is 31.2 Å². The number of thiophene rings is 1. The van der Waals surface area contributed by atoms with E-state index in [0.29, 0.717) is 51.0 Å². The second kappa shape index (κ2) is 18.5. The smallest absolute Gasteiger partial charge is 0.341 e. The number of methoxy groups -OCH3 is 3. The van der Waals surface area contributed by atoms with Gasteiger partial charge in [0.1, 0.15) is 10.7 Å². The summed E-state index contributed by atoms with van der Waals surface area (Å²) in [5.74, 6) is -0.556. The molecule has 5 rings (SSSR count). The second-order valence-electron chi connectivity index (χ2n) is 12.0. The maximum absolute atomic E-state index is 13.8. The maximum atomic E-state index is 13.8.